The smallest absolute Gasteiger partial charge is 0.341 e. The SMILES string of the molecule is COc1c([N+](=O)[O-])cccc1-[n+]1nc(-c2ccc(S(=O)(=O)[O-])cc2S(=O)(=O)O)nn1-c1ccc([N+](=O)[O-])cc1. The summed E-state index contributed by atoms with van der Waals surface area (Å²) in [5.41, 5.74) is -1.15. The van der Waals surface area contributed by atoms with Crippen LogP contribution in [-0.2, 0) is 20.2 Å². The highest BCUT2D eigenvalue weighted by Crippen LogP contribution is 2.32. The Balaban J connectivity index is 2.06. The van der Waals surface area contributed by atoms with Crippen molar-refractivity contribution in [1.29, 1.82) is 0 Å². The minimum atomic E-state index is -5.13. The number of benzene rings is 3. The molecule has 0 amide bonds. The van der Waals surface area contributed by atoms with Gasteiger partial charge >= 0.3 is 11.5 Å². The third kappa shape index (κ3) is 5.27. The molecule has 39 heavy (non-hydrogen) atoms. The van der Waals surface area contributed by atoms with E-state index in [1.54, 1.807) is 0 Å². The Morgan fingerprint density at radius 2 is 1.64 bits per heavy atom. The van der Waals surface area contributed by atoms with E-state index in [2.05, 4.69) is 10.2 Å². The number of methoxy groups -OCH3 is 1. The molecule has 0 atom stereocenters. The number of nitrogens with zero attached hydrogens (tertiary/aromatic N) is 6. The Kier molecular flexibility index (Phi) is 6.83. The normalized spacial score (nSPS) is 11.8. The van der Waals surface area contributed by atoms with Crippen molar-refractivity contribution in [1.82, 2.24) is 15.0 Å². The van der Waals surface area contributed by atoms with Crippen LogP contribution in [0.1, 0.15) is 0 Å². The zero-order chi connectivity index (χ0) is 28.7. The standard InChI is InChI=1S/C20H14N6O11S2/c1-37-19-16(3-2-4-17(19)26(29)30)24-22-20(21-23(24)12-5-7-13(8-6-12)25(27)28)15-10-9-14(38(31,32)33)11-18(15)39(34,35)36/h2-11H,1H3,(H-,31,32,33,34,35,36). The van der Waals surface area contributed by atoms with E-state index in [9.17, 15) is 46.2 Å². The van der Waals surface area contributed by atoms with Gasteiger partial charge in [0.05, 0.1) is 32.5 Å². The molecule has 1 N–H and O–H groups in total. The van der Waals surface area contributed by atoms with Crippen molar-refractivity contribution in [3.8, 4) is 28.5 Å². The average molecular weight is 578 g/mol. The van der Waals surface area contributed by atoms with E-state index in [4.69, 9.17) is 4.74 Å². The molecule has 0 saturated heterocycles. The van der Waals surface area contributed by atoms with E-state index in [1.807, 2.05) is 0 Å². The lowest BCUT2D eigenvalue weighted by Gasteiger charge is -2.09. The number of aromatic nitrogens is 4. The van der Waals surface area contributed by atoms with Crippen LogP contribution >= 0.6 is 0 Å². The first-order valence-electron chi connectivity index (χ1n) is 10.3. The van der Waals surface area contributed by atoms with Crippen LogP contribution < -0.4 is 9.53 Å². The average Bonchev–Trinajstić information content (AvgIpc) is 3.32. The lowest BCUT2D eigenvalue weighted by molar-refractivity contribution is -0.734. The molecule has 0 spiro atoms. The third-order valence-electron chi connectivity index (χ3n) is 5.20. The molecule has 0 aliphatic carbocycles. The molecule has 1 aromatic heterocycles. The predicted octanol–water partition coefficient (Wildman–Crippen LogP) is 1.19. The molecule has 202 valence electrons. The zero-order valence-electron chi connectivity index (χ0n) is 19.3. The summed E-state index contributed by atoms with van der Waals surface area (Å²) < 4.78 is 73.4. The predicted molar refractivity (Wildman–Crippen MR) is 126 cm³/mol. The minimum absolute atomic E-state index is 0.0732. The number of tetrazole rings is 1. The van der Waals surface area contributed by atoms with Gasteiger partial charge in [0.25, 0.3) is 15.8 Å². The van der Waals surface area contributed by atoms with Gasteiger partial charge in [-0.15, -0.1) is 0 Å². The Morgan fingerprint density at radius 1 is 0.974 bits per heavy atom. The summed E-state index contributed by atoms with van der Waals surface area (Å²) >= 11 is 0. The van der Waals surface area contributed by atoms with Crippen LogP contribution in [0.3, 0.4) is 0 Å². The van der Waals surface area contributed by atoms with Crippen molar-refractivity contribution in [3.05, 3.63) is 80.9 Å². The summed E-state index contributed by atoms with van der Waals surface area (Å²) in [6.07, 6.45) is 0. The maximum absolute atomic E-state index is 12.1. The topological polar surface area (TPSA) is 242 Å². The van der Waals surface area contributed by atoms with Gasteiger partial charge in [-0.05, 0) is 46.3 Å². The molecule has 0 aliphatic heterocycles. The second kappa shape index (κ2) is 9.79. The van der Waals surface area contributed by atoms with Gasteiger partial charge in [-0.3, -0.25) is 24.8 Å². The fourth-order valence-electron chi connectivity index (χ4n) is 3.50. The molecule has 0 bridgehead atoms. The quantitative estimate of drug-likeness (QED) is 0.134. The fourth-order valence-corrected chi connectivity index (χ4v) is 4.79. The van der Waals surface area contributed by atoms with E-state index < -0.39 is 56.9 Å². The summed E-state index contributed by atoms with van der Waals surface area (Å²) in [4.78, 5) is 21.2. The molecule has 4 aromatic rings. The van der Waals surface area contributed by atoms with Crippen LogP contribution in [0.25, 0.3) is 22.8 Å². The first-order valence-corrected chi connectivity index (χ1v) is 13.1. The van der Waals surface area contributed by atoms with Crippen LogP contribution in [0.2, 0.25) is 0 Å². The van der Waals surface area contributed by atoms with Crippen molar-refractivity contribution in [3.63, 3.8) is 0 Å². The number of nitro benzene ring substituents is 2. The molecule has 0 fully saturated rings. The highest BCUT2D eigenvalue weighted by atomic mass is 32.2. The second-order valence-electron chi connectivity index (χ2n) is 7.55. The van der Waals surface area contributed by atoms with E-state index in [0.717, 1.165) is 47.0 Å². The second-order valence-corrected chi connectivity index (χ2v) is 10.3. The molecule has 19 heteroatoms. The number of hydrogen-bond donors (Lipinski definition) is 1. The van der Waals surface area contributed by atoms with Gasteiger partial charge < -0.3 is 9.29 Å². The number of ether oxygens (including phenoxy) is 1. The fraction of sp³-hybridized carbons (Fsp3) is 0.0500. The van der Waals surface area contributed by atoms with Gasteiger partial charge in [0.1, 0.15) is 20.7 Å². The van der Waals surface area contributed by atoms with Crippen LogP contribution in [-0.4, -0.2) is 57.9 Å². The summed E-state index contributed by atoms with van der Waals surface area (Å²) in [5, 5.41) is 31.0. The number of para-hydroxylation sites is 1. The zero-order valence-corrected chi connectivity index (χ0v) is 20.9. The van der Waals surface area contributed by atoms with E-state index in [0.29, 0.717) is 6.07 Å². The minimum Gasteiger partial charge on any atom is -0.744 e. The highest BCUT2D eigenvalue weighted by molar-refractivity contribution is 7.86. The van der Waals surface area contributed by atoms with E-state index >= 15 is 0 Å². The summed E-state index contributed by atoms with van der Waals surface area (Å²) in [6.45, 7) is 0. The number of hydrogen-bond acceptors (Lipinski definition) is 12. The third-order valence-corrected chi connectivity index (χ3v) is 6.92. The van der Waals surface area contributed by atoms with Gasteiger partial charge in [-0.2, -0.15) is 8.42 Å². The van der Waals surface area contributed by atoms with Crippen LogP contribution in [0, 0.1) is 20.2 Å². The molecule has 17 nitrogen and oxygen atoms in total. The Morgan fingerprint density at radius 3 is 2.18 bits per heavy atom. The van der Waals surface area contributed by atoms with Gasteiger partial charge in [0.2, 0.25) is 11.4 Å². The Hall–Kier alpha value is -4.85. The molecule has 0 unspecified atom stereocenters. The summed E-state index contributed by atoms with van der Waals surface area (Å²) in [5.74, 6) is -0.734. The van der Waals surface area contributed by atoms with Gasteiger partial charge in [0.15, 0.2) is 0 Å². The van der Waals surface area contributed by atoms with Crippen molar-refractivity contribution in [2.75, 3.05) is 7.11 Å². The van der Waals surface area contributed by atoms with Crippen molar-refractivity contribution < 1.29 is 45.3 Å². The molecule has 0 radical (unpaired) electrons. The van der Waals surface area contributed by atoms with Crippen LogP contribution in [0.15, 0.2) is 70.5 Å². The van der Waals surface area contributed by atoms with Crippen LogP contribution in [0.4, 0.5) is 11.4 Å². The molecule has 0 aliphatic rings. The Labute approximate surface area is 218 Å². The maximum atomic E-state index is 12.1. The van der Waals surface area contributed by atoms with Gasteiger partial charge in [-0.25, -0.2) is 8.42 Å². The molecule has 3 aromatic carbocycles. The highest BCUT2D eigenvalue weighted by Gasteiger charge is 2.32. The van der Waals surface area contributed by atoms with Crippen LogP contribution in [0.5, 0.6) is 5.75 Å². The summed E-state index contributed by atoms with van der Waals surface area (Å²) in [6, 6.07) is 10.6. The molecule has 0 saturated carbocycles. The van der Waals surface area contributed by atoms with E-state index in [1.165, 1.54) is 24.3 Å². The number of non-ortho nitro benzene ring substituents is 1. The Bertz CT molecular complexity index is 1850. The number of nitro groups is 2. The molecular formula is C20H14N6O11S2. The van der Waals surface area contributed by atoms with Gasteiger partial charge in [0, 0.05) is 23.0 Å². The monoisotopic (exact) mass is 578 g/mol. The maximum Gasteiger partial charge on any atom is 0.341 e. The first kappa shape index (κ1) is 27.2. The van der Waals surface area contributed by atoms with Crippen molar-refractivity contribution in [2.24, 2.45) is 0 Å². The number of rotatable bonds is 8. The lowest BCUT2D eigenvalue weighted by atomic mass is 10.2. The van der Waals surface area contributed by atoms with E-state index in [-0.39, 0.29) is 22.8 Å². The molecule has 4 rings (SSSR count). The first-order chi connectivity index (χ1) is 18.2. The molecule has 1 heterocycles. The molecular weight excluding hydrogens is 564 g/mol. The lowest BCUT2D eigenvalue weighted by Crippen LogP contribution is -2.43. The van der Waals surface area contributed by atoms with Crippen molar-refractivity contribution in [2.45, 2.75) is 9.79 Å². The summed E-state index contributed by atoms with van der Waals surface area (Å²) in [7, 11) is -9.10. The largest absolute Gasteiger partial charge is 0.744 e. The van der Waals surface area contributed by atoms with Gasteiger partial charge in [-0.1, -0.05) is 6.07 Å². The van der Waals surface area contributed by atoms with Crippen molar-refractivity contribution >= 4 is 31.6 Å².